The number of hydrogen-bond donors (Lipinski definition) is 2. The topological polar surface area (TPSA) is 48.9 Å². The summed E-state index contributed by atoms with van der Waals surface area (Å²) >= 11 is 0. The largest absolute Gasteiger partial charge is 0.385 e. The number of methoxy groups -OCH3 is 1. The van der Waals surface area contributed by atoms with Crippen LogP contribution in [-0.4, -0.2) is 62.8 Å². The van der Waals surface area contributed by atoms with Gasteiger partial charge in [-0.1, -0.05) is 6.42 Å². The third-order valence-corrected chi connectivity index (χ3v) is 4.00. The van der Waals surface area contributed by atoms with Gasteiger partial charge < -0.3 is 15.4 Å². The van der Waals surface area contributed by atoms with Crippen LogP contribution in [0, 0.1) is 0 Å². The molecule has 0 atom stereocenters. The summed E-state index contributed by atoms with van der Waals surface area (Å²) in [5.41, 5.74) is 0.134. The molecule has 5 nitrogen and oxygen atoms in total. The van der Waals surface area contributed by atoms with Crippen LogP contribution in [0.15, 0.2) is 4.99 Å². The van der Waals surface area contributed by atoms with Gasteiger partial charge in [0.1, 0.15) is 0 Å². The Morgan fingerprint density at radius 2 is 1.90 bits per heavy atom. The minimum absolute atomic E-state index is 0.134. The Balaban J connectivity index is 2.46. The summed E-state index contributed by atoms with van der Waals surface area (Å²) in [6.45, 7) is 12.5. The van der Waals surface area contributed by atoms with Crippen LogP contribution in [0.3, 0.4) is 0 Å². The Morgan fingerprint density at radius 3 is 2.52 bits per heavy atom. The molecule has 1 aliphatic rings. The van der Waals surface area contributed by atoms with Crippen molar-refractivity contribution >= 4 is 5.96 Å². The molecular weight excluding hydrogens is 264 g/mol. The molecule has 0 aromatic rings. The van der Waals surface area contributed by atoms with Crippen molar-refractivity contribution in [2.75, 3.05) is 46.4 Å². The zero-order valence-electron chi connectivity index (χ0n) is 14.4. The first-order valence-electron chi connectivity index (χ1n) is 8.36. The Morgan fingerprint density at radius 1 is 1.19 bits per heavy atom. The van der Waals surface area contributed by atoms with E-state index in [4.69, 9.17) is 9.73 Å². The number of hydrogen-bond acceptors (Lipinski definition) is 3. The minimum atomic E-state index is 0.134. The molecular formula is C16H34N4O. The van der Waals surface area contributed by atoms with Gasteiger partial charge in [-0.2, -0.15) is 0 Å². The zero-order chi connectivity index (χ0) is 15.6. The predicted octanol–water partition coefficient (Wildman–Crippen LogP) is 1.84. The number of nitrogens with zero attached hydrogens (tertiary/aromatic N) is 2. The predicted molar refractivity (Wildman–Crippen MR) is 90.0 cm³/mol. The highest BCUT2D eigenvalue weighted by molar-refractivity contribution is 5.79. The highest BCUT2D eigenvalue weighted by Crippen LogP contribution is 2.20. The molecule has 0 aromatic heterocycles. The van der Waals surface area contributed by atoms with E-state index in [1.807, 2.05) is 0 Å². The van der Waals surface area contributed by atoms with Gasteiger partial charge in [-0.15, -0.1) is 0 Å². The van der Waals surface area contributed by atoms with E-state index in [1.54, 1.807) is 7.11 Å². The summed E-state index contributed by atoms with van der Waals surface area (Å²) in [7, 11) is 1.74. The Labute approximate surface area is 130 Å². The Hall–Kier alpha value is -0.810. The lowest BCUT2D eigenvalue weighted by Gasteiger charge is -2.40. The Kier molecular flexibility index (Phi) is 8.69. The summed E-state index contributed by atoms with van der Waals surface area (Å²) in [5.74, 6) is 0.915. The highest BCUT2D eigenvalue weighted by atomic mass is 16.5. The average Bonchev–Trinajstić information content (AvgIpc) is 2.50. The van der Waals surface area contributed by atoms with Crippen LogP contribution in [0.5, 0.6) is 0 Å². The number of ether oxygens (including phenoxy) is 1. The van der Waals surface area contributed by atoms with Crippen LogP contribution in [0.2, 0.25) is 0 Å². The smallest absolute Gasteiger partial charge is 0.191 e. The van der Waals surface area contributed by atoms with Gasteiger partial charge in [0, 0.05) is 32.3 Å². The SMILES string of the molecule is CCNC(=NCC(C)(C)N1CCCCC1)NCCCOC. The fourth-order valence-corrected chi connectivity index (χ4v) is 2.64. The molecule has 1 rings (SSSR count). The molecule has 0 amide bonds. The molecule has 0 unspecified atom stereocenters. The van der Waals surface area contributed by atoms with Crippen molar-refractivity contribution in [3.8, 4) is 0 Å². The second-order valence-electron chi connectivity index (χ2n) is 6.33. The molecule has 1 aliphatic heterocycles. The second-order valence-corrected chi connectivity index (χ2v) is 6.33. The number of guanidine groups is 1. The molecule has 0 saturated carbocycles. The minimum Gasteiger partial charge on any atom is -0.385 e. The summed E-state index contributed by atoms with van der Waals surface area (Å²) in [5, 5.41) is 6.69. The first-order chi connectivity index (χ1) is 10.1. The maximum absolute atomic E-state index is 5.07. The van der Waals surface area contributed by atoms with Crippen LogP contribution >= 0.6 is 0 Å². The van der Waals surface area contributed by atoms with Gasteiger partial charge in [0.15, 0.2) is 5.96 Å². The molecule has 2 N–H and O–H groups in total. The average molecular weight is 298 g/mol. The van der Waals surface area contributed by atoms with Crippen LogP contribution in [0.25, 0.3) is 0 Å². The maximum Gasteiger partial charge on any atom is 0.191 e. The van der Waals surface area contributed by atoms with Gasteiger partial charge in [0.05, 0.1) is 6.54 Å². The third-order valence-electron chi connectivity index (χ3n) is 4.00. The number of piperidine rings is 1. The van der Waals surface area contributed by atoms with E-state index < -0.39 is 0 Å². The summed E-state index contributed by atoms with van der Waals surface area (Å²) in [4.78, 5) is 7.35. The Bertz CT molecular complexity index is 299. The van der Waals surface area contributed by atoms with E-state index in [-0.39, 0.29) is 5.54 Å². The molecule has 0 radical (unpaired) electrons. The summed E-state index contributed by atoms with van der Waals surface area (Å²) in [6, 6.07) is 0. The number of aliphatic imine (C=N–C) groups is 1. The van der Waals surface area contributed by atoms with E-state index in [2.05, 4.69) is 36.3 Å². The maximum atomic E-state index is 5.07. The van der Waals surface area contributed by atoms with Crippen molar-refractivity contribution in [1.82, 2.24) is 15.5 Å². The monoisotopic (exact) mass is 298 g/mol. The van der Waals surface area contributed by atoms with E-state index in [0.717, 1.165) is 38.6 Å². The van der Waals surface area contributed by atoms with Crippen LogP contribution in [-0.2, 0) is 4.74 Å². The third kappa shape index (κ3) is 7.14. The van der Waals surface area contributed by atoms with Crippen molar-refractivity contribution in [3.05, 3.63) is 0 Å². The van der Waals surface area contributed by atoms with E-state index in [1.165, 1.54) is 32.4 Å². The lowest BCUT2D eigenvalue weighted by molar-refractivity contribution is 0.102. The molecule has 1 saturated heterocycles. The van der Waals surface area contributed by atoms with E-state index in [0.29, 0.717) is 0 Å². The highest BCUT2D eigenvalue weighted by Gasteiger charge is 2.27. The van der Waals surface area contributed by atoms with Crippen molar-refractivity contribution in [2.24, 2.45) is 4.99 Å². The molecule has 0 spiro atoms. The van der Waals surface area contributed by atoms with Crippen molar-refractivity contribution in [2.45, 2.75) is 52.0 Å². The number of likely N-dealkylation sites (tertiary alicyclic amines) is 1. The fraction of sp³-hybridized carbons (Fsp3) is 0.938. The zero-order valence-corrected chi connectivity index (χ0v) is 14.4. The van der Waals surface area contributed by atoms with Gasteiger partial charge in [-0.25, -0.2) is 0 Å². The summed E-state index contributed by atoms with van der Waals surface area (Å²) in [6.07, 6.45) is 5.01. The molecule has 0 bridgehead atoms. The van der Waals surface area contributed by atoms with Crippen molar-refractivity contribution < 1.29 is 4.74 Å². The lowest BCUT2D eigenvalue weighted by Crippen LogP contribution is -2.49. The van der Waals surface area contributed by atoms with Gasteiger partial charge in [0.25, 0.3) is 0 Å². The normalized spacial score (nSPS) is 17.8. The molecule has 1 fully saturated rings. The lowest BCUT2D eigenvalue weighted by atomic mass is 9.99. The first-order valence-corrected chi connectivity index (χ1v) is 8.36. The quantitative estimate of drug-likeness (QED) is 0.408. The van der Waals surface area contributed by atoms with Crippen LogP contribution < -0.4 is 10.6 Å². The molecule has 0 aromatic carbocycles. The number of nitrogens with one attached hydrogen (secondary N) is 2. The van der Waals surface area contributed by atoms with Crippen LogP contribution in [0.4, 0.5) is 0 Å². The van der Waals surface area contributed by atoms with Crippen molar-refractivity contribution in [3.63, 3.8) is 0 Å². The van der Waals surface area contributed by atoms with E-state index >= 15 is 0 Å². The van der Waals surface area contributed by atoms with Gasteiger partial charge in [-0.05, 0) is 53.1 Å². The molecule has 1 heterocycles. The van der Waals surface area contributed by atoms with Gasteiger partial charge in [-0.3, -0.25) is 9.89 Å². The van der Waals surface area contributed by atoms with E-state index in [9.17, 15) is 0 Å². The van der Waals surface area contributed by atoms with Gasteiger partial charge in [0.2, 0.25) is 0 Å². The fourth-order valence-electron chi connectivity index (χ4n) is 2.64. The molecule has 21 heavy (non-hydrogen) atoms. The second kappa shape index (κ2) is 10.0. The van der Waals surface area contributed by atoms with Crippen molar-refractivity contribution in [1.29, 1.82) is 0 Å². The molecule has 124 valence electrons. The summed E-state index contributed by atoms with van der Waals surface area (Å²) < 4.78 is 5.07. The number of rotatable bonds is 8. The molecule has 0 aliphatic carbocycles. The molecule has 5 heteroatoms. The van der Waals surface area contributed by atoms with Crippen LogP contribution in [0.1, 0.15) is 46.5 Å². The van der Waals surface area contributed by atoms with Gasteiger partial charge >= 0.3 is 0 Å². The standard InChI is InChI=1S/C16H34N4O/c1-5-17-15(18-10-9-13-21-4)19-14-16(2,3)20-11-7-6-8-12-20/h5-14H2,1-4H3,(H2,17,18,19). The first kappa shape index (κ1) is 18.2.